The maximum atomic E-state index is 13.2. The third-order valence-electron chi connectivity index (χ3n) is 10.2. The Morgan fingerprint density at radius 3 is 2.25 bits per heavy atom. The average molecular weight is 739 g/mol. The van der Waals surface area contributed by atoms with Crippen LogP contribution in [0.5, 0.6) is 0 Å². The Labute approximate surface area is 315 Å². The molecule has 3 amide bonds. The van der Waals surface area contributed by atoms with Gasteiger partial charge in [0.25, 0.3) is 5.91 Å². The summed E-state index contributed by atoms with van der Waals surface area (Å²) >= 11 is 5.99. The molecule has 3 aromatic carbocycles. The fourth-order valence-electron chi connectivity index (χ4n) is 7.11. The Bertz CT molecular complexity index is 1900. The number of nitrogens with zero attached hydrogens (tertiary/aromatic N) is 4. The normalized spacial score (nSPS) is 14.7. The summed E-state index contributed by atoms with van der Waals surface area (Å²) in [5.41, 5.74) is 18.0. The van der Waals surface area contributed by atoms with Crippen LogP contribution in [0.2, 0.25) is 5.15 Å². The number of piperidine rings is 1. The first kappa shape index (κ1) is 37.6. The molecule has 6 rings (SSSR count). The van der Waals surface area contributed by atoms with E-state index < -0.39 is 18.1 Å². The Morgan fingerprint density at radius 2 is 1.57 bits per heavy atom. The number of amides is 3. The molecule has 0 spiro atoms. The van der Waals surface area contributed by atoms with Gasteiger partial charge >= 0.3 is 6.09 Å². The molecule has 1 fully saturated rings. The van der Waals surface area contributed by atoms with Crippen LogP contribution in [0.25, 0.3) is 11.1 Å². The summed E-state index contributed by atoms with van der Waals surface area (Å²) in [6.07, 6.45) is 1.84. The van der Waals surface area contributed by atoms with E-state index in [1.807, 2.05) is 65.6 Å². The Kier molecular flexibility index (Phi) is 12.1. The number of likely N-dealkylation sites (tertiary alicyclic amines) is 1. The SMILES string of the molecule is Cc1ccccc1C[C@H](CNCC1CCN(C(=O)CCN(C)C(=O)OC2c3ccccc3-c3ccccc32)CC1)CNC(=O)c1nc(Cl)c(N)nc1N. The van der Waals surface area contributed by atoms with Crippen molar-refractivity contribution in [2.24, 2.45) is 11.8 Å². The van der Waals surface area contributed by atoms with E-state index in [4.69, 9.17) is 27.8 Å². The van der Waals surface area contributed by atoms with Crippen LogP contribution in [0.15, 0.2) is 72.8 Å². The van der Waals surface area contributed by atoms with Crippen LogP contribution in [0, 0.1) is 18.8 Å². The summed E-state index contributed by atoms with van der Waals surface area (Å²) < 4.78 is 5.99. The highest BCUT2D eigenvalue weighted by molar-refractivity contribution is 6.31. The molecule has 13 heteroatoms. The van der Waals surface area contributed by atoms with E-state index in [2.05, 4.69) is 39.7 Å². The minimum absolute atomic E-state index is 0.0272. The van der Waals surface area contributed by atoms with Gasteiger partial charge in [0.2, 0.25) is 5.91 Å². The number of benzene rings is 3. The molecule has 0 radical (unpaired) electrons. The second kappa shape index (κ2) is 17.1. The highest BCUT2D eigenvalue weighted by Crippen LogP contribution is 2.45. The number of hydrogen-bond acceptors (Lipinski definition) is 9. The minimum atomic E-state index is -0.472. The molecule has 6 N–H and O–H groups in total. The van der Waals surface area contributed by atoms with Gasteiger partial charge in [-0.3, -0.25) is 9.59 Å². The number of halogens is 1. The summed E-state index contributed by atoms with van der Waals surface area (Å²) in [6.45, 7) is 5.57. The average Bonchev–Trinajstić information content (AvgIpc) is 3.48. The van der Waals surface area contributed by atoms with Crippen LogP contribution in [0.4, 0.5) is 16.4 Å². The second-order valence-electron chi connectivity index (χ2n) is 13.9. The summed E-state index contributed by atoms with van der Waals surface area (Å²) in [5, 5.41) is 6.50. The molecular weight excluding hydrogens is 692 g/mol. The van der Waals surface area contributed by atoms with Crippen molar-refractivity contribution in [1.29, 1.82) is 0 Å². The molecule has 2 aliphatic rings. The van der Waals surface area contributed by atoms with Gasteiger partial charge in [0.1, 0.15) is 0 Å². The van der Waals surface area contributed by atoms with Crippen LogP contribution < -0.4 is 22.1 Å². The van der Waals surface area contributed by atoms with Crippen molar-refractivity contribution in [3.05, 3.63) is 106 Å². The van der Waals surface area contributed by atoms with E-state index in [1.54, 1.807) is 7.05 Å². The number of nitrogens with one attached hydrogen (secondary N) is 2. The van der Waals surface area contributed by atoms with Crippen molar-refractivity contribution in [1.82, 2.24) is 30.4 Å². The molecule has 0 saturated carbocycles. The number of aromatic nitrogens is 2. The lowest BCUT2D eigenvalue weighted by Crippen LogP contribution is -2.43. The zero-order chi connectivity index (χ0) is 37.5. The molecule has 53 heavy (non-hydrogen) atoms. The molecule has 1 atom stereocenters. The number of carbonyl (C=O) groups excluding carboxylic acids is 3. The molecule has 12 nitrogen and oxygen atoms in total. The number of ether oxygens (including phenoxy) is 1. The number of anilines is 2. The van der Waals surface area contributed by atoms with Crippen molar-refractivity contribution < 1.29 is 19.1 Å². The van der Waals surface area contributed by atoms with Gasteiger partial charge in [-0.15, -0.1) is 0 Å². The summed E-state index contributed by atoms with van der Waals surface area (Å²) in [6, 6.07) is 24.2. The van der Waals surface area contributed by atoms with Gasteiger partial charge in [-0.05, 0) is 73.4 Å². The molecule has 1 aliphatic carbocycles. The molecular formula is C40H47ClN8O4. The highest BCUT2D eigenvalue weighted by atomic mass is 35.5. The van der Waals surface area contributed by atoms with E-state index >= 15 is 0 Å². The van der Waals surface area contributed by atoms with E-state index in [-0.39, 0.29) is 47.3 Å². The Hall–Kier alpha value is -5.20. The first-order valence-electron chi connectivity index (χ1n) is 18.1. The van der Waals surface area contributed by atoms with Crippen molar-refractivity contribution in [2.75, 3.05) is 57.8 Å². The number of hydrogen-bond donors (Lipinski definition) is 4. The number of nitrogens with two attached hydrogens (primary N) is 2. The van der Waals surface area contributed by atoms with E-state index in [0.29, 0.717) is 32.1 Å². The van der Waals surface area contributed by atoms with Crippen molar-refractivity contribution in [3.63, 3.8) is 0 Å². The maximum Gasteiger partial charge on any atom is 0.410 e. The number of nitrogen functional groups attached to an aromatic ring is 2. The second-order valence-corrected chi connectivity index (χ2v) is 14.3. The molecule has 2 heterocycles. The van der Waals surface area contributed by atoms with Crippen LogP contribution in [0.1, 0.15) is 58.1 Å². The van der Waals surface area contributed by atoms with E-state index in [0.717, 1.165) is 48.1 Å². The maximum absolute atomic E-state index is 13.2. The quantitative estimate of drug-likeness (QED) is 0.143. The predicted octanol–water partition coefficient (Wildman–Crippen LogP) is 5.25. The summed E-state index contributed by atoms with van der Waals surface area (Å²) in [4.78, 5) is 50.6. The van der Waals surface area contributed by atoms with E-state index in [1.165, 1.54) is 16.0 Å². The van der Waals surface area contributed by atoms with Gasteiger partial charge < -0.3 is 36.6 Å². The fourth-order valence-corrected chi connectivity index (χ4v) is 7.24. The fraction of sp³-hybridized carbons (Fsp3) is 0.375. The predicted molar refractivity (Wildman–Crippen MR) is 206 cm³/mol. The standard InChI is InChI=1S/C40H47ClN8O4/c1-25-9-3-4-10-28(25)21-27(24-45-39(51)34-37(42)47-38(43)36(41)46-34)23-44-22-26-15-19-49(20-16-26)33(50)17-18-48(2)40(52)53-35-31-13-7-5-11-29(31)30-12-6-8-14-32(30)35/h3-14,26-27,35,44H,15-24H2,1-2H3,(H,45,51)(H4,42,43,47)/t27-/m1/s1. The lowest BCUT2D eigenvalue weighted by molar-refractivity contribution is -0.132. The lowest BCUT2D eigenvalue weighted by Gasteiger charge is -2.33. The largest absolute Gasteiger partial charge is 0.436 e. The van der Waals surface area contributed by atoms with Gasteiger partial charge in [0.05, 0.1) is 0 Å². The van der Waals surface area contributed by atoms with Gasteiger partial charge in [0, 0.05) is 50.8 Å². The number of fused-ring (bicyclic) bond motifs is 3. The Balaban J connectivity index is 0.943. The topological polar surface area (TPSA) is 169 Å². The third-order valence-corrected chi connectivity index (χ3v) is 10.5. The van der Waals surface area contributed by atoms with E-state index in [9.17, 15) is 14.4 Å². The number of rotatable bonds is 13. The molecule has 1 aliphatic heterocycles. The van der Waals surface area contributed by atoms with Crippen molar-refractivity contribution in [3.8, 4) is 11.1 Å². The van der Waals surface area contributed by atoms with Crippen LogP contribution >= 0.6 is 11.6 Å². The number of carbonyl (C=O) groups is 3. The summed E-state index contributed by atoms with van der Waals surface area (Å²) in [7, 11) is 1.68. The van der Waals surface area contributed by atoms with Gasteiger partial charge in [-0.1, -0.05) is 84.4 Å². The smallest absolute Gasteiger partial charge is 0.410 e. The number of aryl methyl sites for hydroxylation is 1. The molecule has 278 valence electrons. The molecule has 0 unspecified atom stereocenters. The molecule has 1 saturated heterocycles. The molecule has 1 aromatic heterocycles. The first-order valence-corrected chi connectivity index (χ1v) is 18.5. The Morgan fingerprint density at radius 1 is 0.925 bits per heavy atom. The molecule has 4 aromatic rings. The minimum Gasteiger partial charge on any atom is -0.436 e. The van der Waals surface area contributed by atoms with Crippen LogP contribution in [-0.4, -0.2) is 84.0 Å². The van der Waals surface area contributed by atoms with Crippen LogP contribution in [-0.2, 0) is 16.0 Å². The lowest BCUT2D eigenvalue weighted by atomic mass is 9.94. The zero-order valence-electron chi connectivity index (χ0n) is 30.2. The van der Waals surface area contributed by atoms with Gasteiger partial charge in [-0.2, -0.15) is 0 Å². The van der Waals surface area contributed by atoms with Crippen molar-refractivity contribution in [2.45, 2.75) is 38.7 Å². The molecule has 0 bridgehead atoms. The van der Waals surface area contributed by atoms with Gasteiger partial charge in [0.15, 0.2) is 28.6 Å². The third kappa shape index (κ3) is 9.06. The first-order chi connectivity index (χ1) is 25.6. The van der Waals surface area contributed by atoms with Crippen molar-refractivity contribution >= 4 is 41.1 Å². The zero-order valence-corrected chi connectivity index (χ0v) is 30.9. The monoisotopic (exact) mass is 738 g/mol. The van der Waals surface area contributed by atoms with Gasteiger partial charge in [-0.25, -0.2) is 14.8 Å². The summed E-state index contributed by atoms with van der Waals surface area (Å²) in [5.74, 6) is -0.0293. The highest BCUT2D eigenvalue weighted by Gasteiger charge is 2.32. The van der Waals surface area contributed by atoms with Crippen LogP contribution in [0.3, 0.4) is 0 Å².